The maximum Gasteiger partial charge on any atom is 0.263 e. The fraction of sp³-hybridized carbons (Fsp3) is 0.167. The van der Waals surface area contributed by atoms with E-state index in [-0.39, 0.29) is 15.9 Å². The molecule has 1 N–H and O–H groups in total. The highest BCUT2D eigenvalue weighted by Gasteiger charge is 2.15. The third-order valence-electron chi connectivity index (χ3n) is 2.35. The Hall–Kier alpha value is -1.66. The lowest BCUT2D eigenvalue weighted by Gasteiger charge is -2.08. The van der Waals surface area contributed by atoms with Crippen molar-refractivity contribution in [3.05, 3.63) is 46.9 Å². The summed E-state index contributed by atoms with van der Waals surface area (Å²) < 4.78 is 26.7. The van der Waals surface area contributed by atoms with Gasteiger partial charge in [-0.1, -0.05) is 11.6 Å². The number of nitrogens with one attached hydrogen (secondary N) is 1. The van der Waals surface area contributed by atoms with Crippen LogP contribution < -0.4 is 4.72 Å². The van der Waals surface area contributed by atoms with Crippen LogP contribution in [0.3, 0.4) is 0 Å². The number of anilines is 1. The molecule has 100 valence electrons. The molecule has 0 unspecified atom stereocenters. The first kappa shape index (κ1) is 13.8. The minimum Gasteiger partial charge on any atom is -0.263 e. The van der Waals surface area contributed by atoms with Crippen molar-refractivity contribution in [1.82, 2.24) is 9.97 Å². The van der Waals surface area contributed by atoms with E-state index in [9.17, 15) is 8.42 Å². The number of sulfonamides is 1. The van der Waals surface area contributed by atoms with Gasteiger partial charge in [-0.3, -0.25) is 4.72 Å². The Morgan fingerprint density at radius 1 is 1.21 bits per heavy atom. The Kier molecular flexibility index (Phi) is 3.73. The number of hydrogen-bond acceptors (Lipinski definition) is 4. The normalized spacial score (nSPS) is 11.3. The molecule has 0 saturated carbocycles. The summed E-state index contributed by atoms with van der Waals surface area (Å²) in [5, 5.41) is 0.122. The summed E-state index contributed by atoms with van der Waals surface area (Å²) in [6.45, 7) is 3.67. The Bertz CT molecular complexity index is 696. The Balaban J connectivity index is 2.36. The third-order valence-corrected chi connectivity index (χ3v) is 3.90. The van der Waals surface area contributed by atoms with Crippen molar-refractivity contribution >= 4 is 27.4 Å². The quantitative estimate of drug-likeness (QED) is 0.884. The fourth-order valence-corrected chi connectivity index (χ4v) is 2.89. The second-order valence-electron chi connectivity index (χ2n) is 4.09. The zero-order chi connectivity index (χ0) is 14.0. The number of rotatable bonds is 3. The summed E-state index contributed by atoms with van der Waals surface area (Å²) in [5.74, 6) is 0.283. The summed E-state index contributed by atoms with van der Waals surface area (Å²) in [4.78, 5) is 7.92. The van der Waals surface area contributed by atoms with Crippen molar-refractivity contribution in [2.24, 2.45) is 0 Å². The van der Waals surface area contributed by atoms with Crippen molar-refractivity contribution in [3.8, 4) is 0 Å². The van der Waals surface area contributed by atoms with Crippen LogP contribution in [0.5, 0.6) is 0 Å². The van der Waals surface area contributed by atoms with Gasteiger partial charge < -0.3 is 0 Å². The van der Waals surface area contributed by atoms with E-state index in [0.717, 1.165) is 11.3 Å². The van der Waals surface area contributed by atoms with E-state index < -0.39 is 10.0 Å². The van der Waals surface area contributed by atoms with Gasteiger partial charge in [-0.2, -0.15) is 0 Å². The highest BCUT2D eigenvalue weighted by atomic mass is 35.5. The largest absolute Gasteiger partial charge is 0.263 e. The van der Waals surface area contributed by atoms with Gasteiger partial charge in [0.2, 0.25) is 0 Å². The highest BCUT2D eigenvalue weighted by molar-refractivity contribution is 7.92. The van der Waals surface area contributed by atoms with Gasteiger partial charge in [0.05, 0.1) is 4.90 Å². The first-order chi connectivity index (χ1) is 8.87. The molecular formula is C12H12ClN3O2S. The highest BCUT2D eigenvalue weighted by Crippen LogP contribution is 2.17. The smallest absolute Gasteiger partial charge is 0.263 e. The lowest BCUT2D eigenvalue weighted by atomic mass is 10.2. The van der Waals surface area contributed by atoms with Gasteiger partial charge in [-0.05, 0) is 43.7 Å². The van der Waals surface area contributed by atoms with Gasteiger partial charge in [0.15, 0.2) is 0 Å². The molecule has 0 aliphatic rings. The van der Waals surface area contributed by atoms with Crippen LogP contribution in [0.2, 0.25) is 5.15 Å². The molecule has 0 amide bonds. The van der Waals surface area contributed by atoms with E-state index >= 15 is 0 Å². The van der Waals surface area contributed by atoms with E-state index in [0.29, 0.717) is 0 Å². The molecule has 0 aromatic carbocycles. The standard InChI is InChI=1S/C12H12ClN3O2S/c1-8-5-9(2)15-12(6-8)16-19(17,18)10-3-4-14-11(13)7-10/h3-7H,1-2H3,(H,15,16). The molecule has 19 heavy (non-hydrogen) atoms. The molecule has 2 rings (SSSR count). The monoisotopic (exact) mass is 297 g/mol. The average Bonchev–Trinajstić information content (AvgIpc) is 2.26. The summed E-state index contributed by atoms with van der Waals surface area (Å²) >= 11 is 5.69. The molecule has 2 aromatic heterocycles. The van der Waals surface area contributed by atoms with Gasteiger partial charge in [-0.25, -0.2) is 18.4 Å². The van der Waals surface area contributed by atoms with Gasteiger partial charge >= 0.3 is 0 Å². The van der Waals surface area contributed by atoms with E-state index in [1.807, 2.05) is 13.0 Å². The molecule has 0 aliphatic carbocycles. The topological polar surface area (TPSA) is 72.0 Å². The predicted octanol–water partition coefficient (Wildman–Crippen LogP) is 2.55. The molecule has 0 spiro atoms. The van der Waals surface area contributed by atoms with Crippen LogP contribution in [-0.4, -0.2) is 18.4 Å². The van der Waals surface area contributed by atoms with Crippen LogP contribution in [0.25, 0.3) is 0 Å². The van der Waals surface area contributed by atoms with Crippen molar-refractivity contribution in [3.63, 3.8) is 0 Å². The number of aryl methyl sites for hydroxylation is 2. The van der Waals surface area contributed by atoms with Crippen LogP contribution in [0.15, 0.2) is 35.4 Å². The molecule has 5 nitrogen and oxygen atoms in total. The van der Waals surface area contributed by atoms with Gasteiger partial charge in [0.1, 0.15) is 11.0 Å². The van der Waals surface area contributed by atoms with Gasteiger partial charge in [-0.15, -0.1) is 0 Å². The first-order valence-corrected chi connectivity index (χ1v) is 7.32. The third kappa shape index (κ3) is 3.42. The van der Waals surface area contributed by atoms with Crippen LogP contribution in [0.1, 0.15) is 11.3 Å². The zero-order valence-corrected chi connectivity index (χ0v) is 12.0. The molecule has 0 bridgehead atoms. The van der Waals surface area contributed by atoms with Gasteiger partial charge in [0.25, 0.3) is 10.0 Å². The van der Waals surface area contributed by atoms with Crippen molar-refractivity contribution < 1.29 is 8.42 Å². The fourth-order valence-electron chi connectivity index (χ4n) is 1.64. The minimum absolute atomic E-state index is 0.0495. The van der Waals surface area contributed by atoms with Crippen LogP contribution in [0, 0.1) is 13.8 Å². The summed E-state index contributed by atoms with van der Waals surface area (Å²) in [7, 11) is -3.71. The van der Waals surface area contributed by atoms with E-state index in [2.05, 4.69) is 14.7 Å². The van der Waals surface area contributed by atoms with E-state index in [4.69, 9.17) is 11.6 Å². The Labute approximate surface area is 116 Å². The number of pyridine rings is 2. The lowest BCUT2D eigenvalue weighted by molar-refractivity contribution is 0.601. The molecule has 0 saturated heterocycles. The zero-order valence-electron chi connectivity index (χ0n) is 10.4. The number of halogens is 1. The van der Waals surface area contributed by atoms with E-state index in [1.54, 1.807) is 13.0 Å². The Morgan fingerprint density at radius 2 is 1.95 bits per heavy atom. The molecule has 0 fully saturated rings. The number of aromatic nitrogens is 2. The molecule has 0 aliphatic heterocycles. The molecule has 2 aromatic rings. The molecule has 0 radical (unpaired) electrons. The maximum atomic E-state index is 12.1. The molecular weight excluding hydrogens is 286 g/mol. The van der Waals surface area contributed by atoms with Gasteiger partial charge in [0, 0.05) is 11.9 Å². The number of nitrogens with zero attached hydrogens (tertiary/aromatic N) is 2. The summed E-state index contributed by atoms with van der Waals surface area (Å²) in [5.41, 5.74) is 1.67. The van der Waals surface area contributed by atoms with Crippen molar-refractivity contribution in [1.29, 1.82) is 0 Å². The summed E-state index contributed by atoms with van der Waals surface area (Å²) in [6, 6.07) is 6.18. The molecule has 2 heterocycles. The van der Waals surface area contributed by atoms with Crippen molar-refractivity contribution in [2.75, 3.05) is 4.72 Å². The SMILES string of the molecule is Cc1cc(C)nc(NS(=O)(=O)c2ccnc(Cl)c2)c1. The van der Waals surface area contributed by atoms with Crippen LogP contribution in [-0.2, 0) is 10.0 Å². The maximum absolute atomic E-state index is 12.1. The first-order valence-electron chi connectivity index (χ1n) is 5.46. The van der Waals surface area contributed by atoms with Crippen molar-refractivity contribution in [2.45, 2.75) is 18.7 Å². The summed E-state index contributed by atoms with van der Waals surface area (Å²) in [6.07, 6.45) is 1.34. The van der Waals surface area contributed by atoms with Crippen LogP contribution in [0.4, 0.5) is 5.82 Å². The Morgan fingerprint density at radius 3 is 2.58 bits per heavy atom. The van der Waals surface area contributed by atoms with E-state index in [1.165, 1.54) is 18.3 Å². The molecule has 0 atom stereocenters. The van der Waals surface area contributed by atoms with Crippen LogP contribution >= 0.6 is 11.6 Å². The predicted molar refractivity (Wildman–Crippen MR) is 73.8 cm³/mol. The molecule has 7 heteroatoms. The number of hydrogen-bond donors (Lipinski definition) is 1. The average molecular weight is 298 g/mol. The minimum atomic E-state index is -3.71. The second-order valence-corrected chi connectivity index (χ2v) is 6.16. The second kappa shape index (κ2) is 5.14. The lowest BCUT2D eigenvalue weighted by Crippen LogP contribution is -2.14.